The number of aliphatic carboxylic acids is 1. The summed E-state index contributed by atoms with van der Waals surface area (Å²) in [5, 5.41) is 9.09. The number of hydrogen-bond donors (Lipinski definition) is 1. The summed E-state index contributed by atoms with van der Waals surface area (Å²) in [6.07, 6.45) is 0.365. The van der Waals surface area contributed by atoms with Gasteiger partial charge >= 0.3 is 5.97 Å². The molecule has 1 unspecified atom stereocenters. The average Bonchev–Trinajstić information content (AvgIpc) is 2.39. The van der Waals surface area contributed by atoms with Crippen molar-refractivity contribution in [3.05, 3.63) is 35.4 Å². The normalized spacial score (nSPS) is 11.9. The van der Waals surface area contributed by atoms with Gasteiger partial charge < -0.3 is 14.7 Å². The summed E-state index contributed by atoms with van der Waals surface area (Å²) < 4.78 is 5.05. The highest BCUT2D eigenvalue weighted by molar-refractivity contribution is 5.97. The van der Waals surface area contributed by atoms with Crippen molar-refractivity contribution in [2.75, 3.05) is 14.2 Å². The first-order chi connectivity index (χ1) is 9.02. The van der Waals surface area contributed by atoms with E-state index in [1.165, 1.54) is 11.9 Å². The minimum atomic E-state index is -0.998. The Bertz CT molecular complexity index is 459. The van der Waals surface area contributed by atoms with Gasteiger partial charge in [0.05, 0.1) is 6.61 Å². The summed E-state index contributed by atoms with van der Waals surface area (Å²) in [5.74, 6) is -1.30. The van der Waals surface area contributed by atoms with Gasteiger partial charge in [0.25, 0.3) is 5.91 Å². The van der Waals surface area contributed by atoms with Crippen LogP contribution in [-0.4, -0.2) is 42.1 Å². The number of amides is 1. The monoisotopic (exact) mass is 265 g/mol. The van der Waals surface area contributed by atoms with Gasteiger partial charge in [0.15, 0.2) is 0 Å². The highest BCUT2D eigenvalue weighted by Gasteiger charge is 2.26. The molecule has 1 N–H and O–H groups in total. The number of ether oxygens (including phenoxy) is 1. The van der Waals surface area contributed by atoms with Crippen LogP contribution in [0.15, 0.2) is 24.3 Å². The van der Waals surface area contributed by atoms with Gasteiger partial charge in [-0.1, -0.05) is 25.1 Å². The van der Waals surface area contributed by atoms with E-state index in [4.69, 9.17) is 9.84 Å². The smallest absolute Gasteiger partial charge is 0.326 e. The summed E-state index contributed by atoms with van der Waals surface area (Å²) in [4.78, 5) is 24.7. The standard InChI is InChI=1S/C14H19NO4/c1-4-12(14(17)18)15(2)13(16)11-8-6-5-7-10(11)9-19-3/h5-8,12H,4,9H2,1-3H3,(H,17,18). The zero-order valence-electron chi connectivity index (χ0n) is 11.4. The third-order valence-corrected chi connectivity index (χ3v) is 3.01. The summed E-state index contributed by atoms with van der Waals surface area (Å²) in [5.41, 5.74) is 1.23. The SMILES string of the molecule is CCC(C(=O)O)N(C)C(=O)c1ccccc1COC. The van der Waals surface area contributed by atoms with E-state index in [1.54, 1.807) is 32.2 Å². The first kappa shape index (κ1) is 15.2. The molecular formula is C14H19NO4. The lowest BCUT2D eigenvalue weighted by molar-refractivity contribution is -0.142. The number of carbonyl (C=O) groups excluding carboxylic acids is 1. The van der Waals surface area contributed by atoms with Crippen molar-refractivity contribution >= 4 is 11.9 Å². The van der Waals surface area contributed by atoms with Crippen LogP contribution in [0.2, 0.25) is 0 Å². The third-order valence-electron chi connectivity index (χ3n) is 3.01. The number of carbonyl (C=O) groups is 2. The Kier molecular flexibility index (Phi) is 5.51. The highest BCUT2D eigenvalue weighted by Crippen LogP contribution is 2.15. The maximum atomic E-state index is 12.4. The third kappa shape index (κ3) is 3.54. The van der Waals surface area contributed by atoms with E-state index in [1.807, 2.05) is 6.07 Å². The molecule has 0 spiro atoms. The molecule has 0 aliphatic rings. The average molecular weight is 265 g/mol. The van der Waals surface area contributed by atoms with E-state index in [0.717, 1.165) is 5.56 Å². The van der Waals surface area contributed by atoms with Crippen LogP contribution in [-0.2, 0) is 16.1 Å². The van der Waals surface area contributed by atoms with E-state index in [2.05, 4.69) is 0 Å². The second-order valence-electron chi connectivity index (χ2n) is 4.27. The first-order valence-electron chi connectivity index (χ1n) is 6.09. The lowest BCUT2D eigenvalue weighted by Gasteiger charge is -2.24. The highest BCUT2D eigenvalue weighted by atomic mass is 16.5. The van der Waals surface area contributed by atoms with E-state index >= 15 is 0 Å². The van der Waals surface area contributed by atoms with Crippen LogP contribution in [0.1, 0.15) is 29.3 Å². The molecule has 0 saturated heterocycles. The maximum absolute atomic E-state index is 12.4. The van der Waals surface area contributed by atoms with Crippen molar-refractivity contribution in [1.82, 2.24) is 4.90 Å². The number of methoxy groups -OCH3 is 1. The molecule has 5 nitrogen and oxygen atoms in total. The van der Waals surface area contributed by atoms with Crippen molar-refractivity contribution in [1.29, 1.82) is 0 Å². The molecule has 1 amide bonds. The van der Waals surface area contributed by atoms with Gasteiger partial charge in [-0.3, -0.25) is 4.79 Å². The maximum Gasteiger partial charge on any atom is 0.326 e. The Balaban J connectivity index is 3.02. The molecule has 19 heavy (non-hydrogen) atoms. The predicted molar refractivity (Wildman–Crippen MR) is 71.0 cm³/mol. The number of carboxylic acids is 1. The first-order valence-corrected chi connectivity index (χ1v) is 6.09. The Morgan fingerprint density at radius 3 is 2.53 bits per heavy atom. The quantitative estimate of drug-likeness (QED) is 0.851. The minimum Gasteiger partial charge on any atom is -0.480 e. The van der Waals surface area contributed by atoms with Gasteiger partial charge in [0, 0.05) is 19.7 Å². The predicted octanol–water partition coefficient (Wildman–Crippen LogP) is 1.77. The molecule has 0 heterocycles. The molecule has 1 rings (SSSR count). The van der Waals surface area contributed by atoms with Crippen molar-refractivity contribution < 1.29 is 19.4 Å². The van der Waals surface area contributed by atoms with Crippen molar-refractivity contribution in [3.8, 4) is 0 Å². The van der Waals surface area contributed by atoms with Gasteiger partial charge in [0.2, 0.25) is 0 Å². The van der Waals surface area contributed by atoms with Crippen LogP contribution in [0.3, 0.4) is 0 Å². The number of nitrogens with zero attached hydrogens (tertiary/aromatic N) is 1. The molecule has 0 radical (unpaired) electrons. The molecule has 0 aromatic heterocycles. The number of carboxylic acid groups (broad SMARTS) is 1. The summed E-state index contributed by atoms with van der Waals surface area (Å²) >= 11 is 0. The van der Waals surface area contributed by atoms with E-state index in [0.29, 0.717) is 18.6 Å². The lowest BCUT2D eigenvalue weighted by atomic mass is 10.1. The summed E-state index contributed by atoms with van der Waals surface area (Å²) in [7, 11) is 3.06. The molecule has 1 aromatic carbocycles. The van der Waals surface area contributed by atoms with Gasteiger partial charge in [-0.25, -0.2) is 4.79 Å². The zero-order valence-corrected chi connectivity index (χ0v) is 11.4. The van der Waals surface area contributed by atoms with Crippen LogP contribution >= 0.6 is 0 Å². The van der Waals surface area contributed by atoms with Crippen LogP contribution in [0.4, 0.5) is 0 Å². The fourth-order valence-corrected chi connectivity index (χ4v) is 1.96. The molecule has 1 aromatic rings. The van der Waals surface area contributed by atoms with Crippen LogP contribution in [0, 0.1) is 0 Å². The number of hydrogen-bond acceptors (Lipinski definition) is 3. The van der Waals surface area contributed by atoms with E-state index in [-0.39, 0.29) is 5.91 Å². The van der Waals surface area contributed by atoms with Crippen LogP contribution in [0.5, 0.6) is 0 Å². The minimum absolute atomic E-state index is 0.304. The molecule has 1 atom stereocenters. The van der Waals surface area contributed by atoms with Crippen molar-refractivity contribution in [2.24, 2.45) is 0 Å². The number of likely N-dealkylation sites (N-methyl/N-ethyl adjacent to an activating group) is 1. The van der Waals surface area contributed by atoms with Crippen molar-refractivity contribution in [3.63, 3.8) is 0 Å². The van der Waals surface area contributed by atoms with Gasteiger partial charge in [-0.15, -0.1) is 0 Å². The Morgan fingerprint density at radius 2 is 2.00 bits per heavy atom. The molecule has 0 aliphatic heterocycles. The Morgan fingerprint density at radius 1 is 1.37 bits per heavy atom. The lowest BCUT2D eigenvalue weighted by Crippen LogP contribution is -2.42. The summed E-state index contributed by atoms with van der Waals surface area (Å²) in [6, 6.07) is 6.23. The molecule has 0 aliphatic carbocycles. The molecule has 0 bridgehead atoms. The Hall–Kier alpha value is -1.88. The van der Waals surface area contributed by atoms with Gasteiger partial charge in [-0.2, -0.15) is 0 Å². The number of benzene rings is 1. The Labute approximate surface area is 112 Å². The molecular weight excluding hydrogens is 246 g/mol. The number of rotatable bonds is 6. The largest absolute Gasteiger partial charge is 0.480 e. The van der Waals surface area contributed by atoms with Crippen LogP contribution in [0.25, 0.3) is 0 Å². The van der Waals surface area contributed by atoms with E-state index in [9.17, 15) is 9.59 Å². The van der Waals surface area contributed by atoms with Gasteiger partial charge in [0.1, 0.15) is 6.04 Å². The second kappa shape index (κ2) is 6.89. The fraction of sp³-hybridized carbons (Fsp3) is 0.429. The topological polar surface area (TPSA) is 66.8 Å². The molecule has 0 saturated carbocycles. The zero-order chi connectivity index (χ0) is 14.4. The van der Waals surface area contributed by atoms with Crippen molar-refractivity contribution in [2.45, 2.75) is 26.0 Å². The van der Waals surface area contributed by atoms with Crippen LogP contribution < -0.4 is 0 Å². The summed E-state index contributed by atoms with van der Waals surface area (Å²) in [6.45, 7) is 2.06. The van der Waals surface area contributed by atoms with E-state index < -0.39 is 12.0 Å². The second-order valence-corrected chi connectivity index (χ2v) is 4.27. The molecule has 104 valence electrons. The fourth-order valence-electron chi connectivity index (χ4n) is 1.96. The van der Waals surface area contributed by atoms with Gasteiger partial charge in [-0.05, 0) is 18.1 Å². The molecule has 5 heteroatoms. The molecule has 0 fully saturated rings.